The maximum absolute atomic E-state index is 6.08. The highest BCUT2D eigenvalue weighted by Gasteiger charge is 2.22. The SMILES string of the molecule is Nc1nc[n+](Cc2ccccc2)c2nc(Sc3cc4c(cc3Br)OCO4)[nH]c12. The third kappa shape index (κ3) is 3.16. The molecule has 0 saturated heterocycles. The van der Waals surface area contributed by atoms with Gasteiger partial charge in [-0.05, 0) is 45.4 Å². The minimum Gasteiger partial charge on any atom is -0.454 e. The van der Waals surface area contributed by atoms with Gasteiger partial charge in [0.05, 0.1) is 6.54 Å². The quantitative estimate of drug-likeness (QED) is 0.456. The van der Waals surface area contributed by atoms with Crippen molar-refractivity contribution in [2.75, 3.05) is 12.5 Å². The topological polar surface area (TPSA) is 89.9 Å². The van der Waals surface area contributed by atoms with Crippen LogP contribution < -0.4 is 19.8 Å². The molecule has 9 heteroatoms. The molecule has 140 valence electrons. The highest BCUT2D eigenvalue weighted by Crippen LogP contribution is 2.42. The van der Waals surface area contributed by atoms with Crippen LogP contribution in [0.4, 0.5) is 5.82 Å². The predicted octanol–water partition coefficient (Wildman–Crippen LogP) is 3.52. The van der Waals surface area contributed by atoms with Gasteiger partial charge in [0, 0.05) is 9.37 Å². The number of ether oxygens (including phenoxy) is 2. The molecular formula is C19H15BrN5O2S+. The molecule has 7 nitrogen and oxygen atoms in total. The first-order valence-electron chi connectivity index (χ1n) is 8.52. The Labute approximate surface area is 173 Å². The van der Waals surface area contributed by atoms with Crippen LogP contribution in [0.5, 0.6) is 11.5 Å². The van der Waals surface area contributed by atoms with Gasteiger partial charge in [-0.15, -0.1) is 0 Å². The number of halogens is 1. The normalized spacial score (nSPS) is 12.6. The number of rotatable bonds is 4. The summed E-state index contributed by atoms with van der Waals surface area (Å²) in [6, 6.07) is 14.0. The Morgan fingerprint density at radius 2 is 1.96 bits per heavy atom. The summed E-state index contributed by atoms with van der Waals surface area (Å²) in [5.74, 6) is 1.88. The number of fused-ring (bicyclic) bond motifs is 2. The number of imidazole rings is 1. The van der Waals surface area contributed by atoms with Crippen molar-refractivity contribution in [3.05, 3.63) is 58.8 Å². The number of benzene rings is 2. The summed E-state index contributed by atoms with van der Waals surface area (Å²) in [5, 5.41) is 0.719. The van der Waals surface area contributed by atoms with Crippen LogP contribution in [0.1, 0.15) is 5.56 Å². The zero-order valence-electron chi connectivity index (χ0n) is 14.6. The second kappa shape index (κ2) is 6.99. The molecule has 5 rings (SSSR count). The number of aromatic nitrogens is 4. The Balaban J connectivity index is 1.51. The average molecular weight is 457 g/mol. The number of nitrogens with two attached hydrogens (primary N) is 1. The summed E-state index contributed by atoms with van der Waals surface area (Å²) < 4.78 is 13.8. The van der Waals surface area contributed by atoms with Crippen molar-refractivity contribution in [2.45, 2.75) is 16.6 Å². The van der Waals surface area contributed by atoms with Gasteiger partial charge in [-0.1, -0.05) is 40.3 Å². The van der Waals surface area contributed by atoms with E-state index in [-0.39, 0.29) is 6.79 Å². The first kappa shape index (κ1) is 17.3. The largest absolute Gasteiger partial charge is 0.454 e. The third-order valence-electron chi connectivity index (χ3n) is 4.36. The van der Waals surface area contributed by atoms with E-state index in [1.54, 1.807) is 6.33 Å². The van der Waals surface area contributed by atoms with E-state index in [0.717, 1.165) is 42.8 Å². The highest BCUT2D eigenvalue weighted by molar-refractivity contribution is 9.10. The lowest BCUT2D eigenvalue weighted by Crippen LogP contribution is -2.36. The number of nitrogens with zero attached hydrogens (tertiary/aromatic N) is 3. The predicted molar refractivity (Wildman–Crippen MR) is 108 cm³/mol. The molecule has 4 aromatic rings. The highest BCUT2D eigenvalue weighted by atomic mass is 79.9. The average Bonchev–Trinajstić information content (AvgIpc) is 3.32. The third-order valence-corrected chi connectivity index (χ3v) is 6.22. The summed E-state index contributed by atoms with van der Waals surface area (Å²) >= 11 is 5.07. The van der Waals surface area contributed by atoms with Crippen LogP contribution in [0, 0.1) is 0 Å². The van der Waals surface area contributed by atoms with Crippen LogP contribution in [-0.2, 0) is 6.54 Å². The van der Waals surface area contributed by atoms with E-state index in [9.17, 15) is 0 Å². The van der Waals surface area contributed by atoms with Crippen LogP contribution in [-0.4, -0.2) is 21.7 Å². The second-order valence-electron chi connectivity index (χ2n) is 6.22. The van der Waals surface area contributed by atoms with Crippen molar-refractivity contribution >= 4 is 44.7 Å². The van der Waals surface area contributed by atoms with Crippen LogP contribution in [0.25, 0.3) is 11.2 Å². The number of anilines is 1. The lowest BCUT2D eigenvalue weighted by molar-refractivity contribution is -0.667. The van der Waals surface area contributed by atoms with E-state index < -0.39 is 0 Å². The monoisotopic (exact) mass is 456 g/mol. The van der Waals surface area contributed by atoms with Crippen molar-refractivity contribution in [1.82, 2.24) is 15.0 Å². The van der Waals surface area contributed by atoms with Crippen molar-refractivity contribution < 1.29 is 14.0 Å². The molecule has 0 radical (unpaired) electrons. The van der Waals surface area contributed by atoms with Crippen molar-refractivity contribution in [2.24, 2.45) is 0 Å². The van der Waals surface area contributed by atoms with Crippen LogP contribution in [0.3, 0.4) is 0 Å². The van der Waals surface area contributed by atoms with E-state index in [4.69, 9.17) is 20.2 Å². The smallest absolute Gasteiger partial charge is 0.295 e. The Morgan fingerprint density at radius 3 is 2.79 bits per heavy atom. The Bertz CT molecular complexity index is 1180. The van der Waals surface area contributed by atoms with Gasteiger partial charge in [0.1, 0.15) is 0 Å². The van der Waals surface area contributed by atoms with Gasteiger partial charge in [0.15, 0.2) is 17.0 Å². The number of hydrogen-bond donors (Lipinski definition) is 2. The summed E-state index contributed by atoms with van der Waals surface area (Å²) in [7, 11) is 0. The fourth-order valence-corrected chi connectivity index (χ4v) is 4.39. The van der Waals surface area contributed by atoms with Gasteiger partial charge in [-0.25, -0.2) is 4.57 Å². The summed E-state index contributed by atoms with van der Waals surface area (Å²) in [6.07, 6.45) is 1.72. The molecule has 0 fully saturated rings. The lowest BCUT2D eigenvalue weighted by atomic mass is 10.2. The summed E-state index contributed by atoms with van der Waals surface area (Å²) in [6.45, 7) is 0.898. The Morgan fingerprint density at radius 1 is 1.18 bits per heavy atom. The molecule has 3 N–H and O–H groups in total. The van der Waals surface area contributed by atoms with Crippen molar-refractivity contribution in [3.8, 4) is 11.5 Å². The fourth-order valence-electron chi connectivity index (χ4n) is 3.01. The van der Waals surface area contributed by atoms with E-state index in [1.807, 2.05) is 34.9 Å². The first-order valence-corrected chi connectivity index (χ1v) is 10.1. The van der Waals surface area contributed by atoms with E-state index >= 15 is 0 Å². The maximum Gasteiger partial charge on any atom is 0.295 e. The first-order chi connectivity index (χ1) is 13.7. The Kier molecular flexibility index (Phi) is 4.33. The van der Waals surface area contributed by atoms with E-state index in [1.165, 1.54) is 11.8 Å². The zero-order chi connectivity index (χ0) is 19.1. The minimum absolute atomic E-state index is 0.238. The maximum atomic E-state index is 6.08. The molecule has 28 heavy (non-hydrogen) atoms. The molecule has 0 bridgehead atoms. The molecule has 1 aliphatic rings. The standard InChI is InChI=1S/C19H14BrN5O2S/c20-12-6-13-14(27-10-26-13)7-15(12)28-19-23-16-17(21)22-9-25(18(16)24-19)8-11-4-2-1-3-5-11/h1-7,9H,8,10H2,(H2,21,23,24)/p+1. The number of nitrogen functional groups attached to an aromatic ring is 1. The van der Waals surface area contributed by atoms with Gasteiger partial charge in [0.2, 0.25) is 24.1 Å². The van der Waals surface area contributed by atoms with Gasteiger partial charge >= 0.3 is 0 Å². The lowest BCUT2D eigenvalue weighted by Gasteiger charge is -2.02. The molecular weight excluding hydrogens is 442 g/mol. The van der Waals surface area contributed by atoms with Gasteiger partial charge in [-0.2, -0.15) is 0 Å². The van der Waals surface area contributed by atoms with Crippen molar-refractivity contribution in [1.29, 1.82) is 0 Å². The van der Waals surface area contributed by atoms with E-state index in [2.05, 4.69) is 38.0 Å². The summed E-state index contributed by atoms with van der Waals surface area (Å²) in [4.78, 5) is 13.3. The minimum atomic E-state index is 0.238. The number of aromatic amines is 1. The molecule has 0 saturated carbocycles. The van der Waals surface area contributed by atoms with Gasteiger partial charge in [0.25, 0.3) is 5.65 Å². The van der Waals surface area contributed by atoms with Gasteiger partial charge < -0.3 is 20.2 Å². The molecule has 0 aliphatic carbocycles. The molecule has 0 atom stereocenters. The number of H-pyrrole nitrogens is 1. The molecule has 3 heterocycles. The van der Waals surface area contributed by atoms with Gasteiger partial charge in [-0.3, -0.25) is 0 Å². The van der Waals surface area contributed by atoms with Crippen LogP contribution in [0.15, 0.2) is 63.3 Å². The summed E-state index contributed by atoms with van der Waals surface area (Å²) in [5.41, 5.74) is 8.72. The van der Waals surface area contributed by atoms with Crippen LogP contribution >= 0.6 is 27.7 Å². The fraction of sp³-hybridized carbons (Fsp3) is 0.105. The zero-order valence-corrected chi connectivity index (χ0v) is 17.0. The molecule has 1 aliphatic heterocycles. The molecule has 2 aromatic heterocycles. The van der Waals surface area contributed by atoms with Crippen molar-refractivity contribution in [3.63, 3.8) is 0 Å². The number of hydrogen-bond acceptors (Lipinski definition) is 6. The number of nitrogens with one attached hydrogen (secondary N) is 1. The molecule has 0 amide bonds. The molecule has 0 spiro atoms. The molecule has 0 unspecified atom stereocenters. The van der Waals surface area contributed by atoms with E-state index in [0.29, 0.717) is 12.4 Å². The molecule has 2 aromatic carbocycles. The second-order valence-corrected chi connectivity index (χ2v) is 8.11. The Hall–Kier alpha value is -2.78. The van der Waals surface area contributed by atoms with Crippen LogP contribution in [0.2, 0.25) is 0 Å².